The van der Waals surface area contributed by atoms with Crippen molar-refractivity contribution in [3.63, 3.8) is 0 Å². The Morgan fingerprint density at radius 1 is 1.19 bits per heavy atom. The molecule has 0 aliphatic rings. The third-order valence-electron chi connectivity index (χ3n) is 3.25. The Morgan fingerprint density at radius 2 is 1.95 bits per heavy atom. The zero-order valence-electron chi connectivity index (χ0n) is 12.5. The van der Waals surface area contributed by atoms with E-state index in [0.29, 0.717) is 16.3 Å². The van der Waals surface area contributed by atoms with Crippen LogP contribution in [0.5, 0.6) is 0 Å². The van der Waals surface area contributed by atoms with Crippen molar-refractivity contribution in [3.8, 4) is 0 Å². The van der Waals surface area contributed by atoms with Gasteiger partial charge < -0.3 is 10.6 Å². The molecule has 3 nitrogen and oxygen atoms in total. The van der Waals surface area contributed by atoms with Gasteiger partial charge in [0.15, 0.2) is 0 Å². The molecule has 2 rings (SSSR count). The topological polar surface area (TPSA) is 41.1 Å². The summed E-state index contributed by atoms with van der Waals surface area (Å²) in [5.41, 5.74) is 4.15. The molecule has 0 unspecified atom stereocenters. The van der Waals surface area contributed by atoms with Crippen LogP contribution in [0.1, 0.15) is 28.4 Å². The van der Waals surface area contributed by atoms with Gasteiger partial charge in [-0.15, -0.1) is 0 Å². The van der Waals surface area contributed by atoms with Gasteiger partial charge in [-0.3, -0.25) is 4.79 Å². The first-order valence-corrected chi connectivity index (χ1v) is 7.31. The zero-order valence-corrected chi connectivity index (χ0v) is 13.2. The summed E-state index contributed by atoms with van der Waals surface area (Å²) in [6, 6.07) is 11.3. The molecular formula is C17H19ClN2O. The number of halogens is 1. The number of nitrogens with one attached hydrogen (secondary N) is 2. The lowest BCUT2D eigenvalue weighted by Crippen LogP contribution is -2.16. The van der Waals surface area contributed by atoms with Gasteiger partial charge in [0.2, 0.25) is 0 Å². The lowest BCUT2D eigenvalue weighted by atomic mass is 10.1. The number of hydrogen-bond donors (Lipinski definition) is 2. The minimum atomic E-state index is -0.165. The maximum atomic E-state index is 12.5. The van der Waals surface area contributed by atoms with Gasteiger partial charge in [0.1, 0.15) is 0 Å². The number of aryl methyl sites for hydroxylation is 2. The van der Waals surface area contributed by atoms with Crippen LogP contribution in [0.15, 0.2) is 36.4 Å². The van der Waals surface area contributed by atoms with Gasteiger partial charge in [-0.05, 0) is 50.1 Å². The molecule has 0 spiro atoms. The van der Waals surface area contributed by atoms with E-state index < -0.39 is 0 Å². The number of anilines is 2. The van der Waals surface area contributed by atoms with E-state index in [9.17, 15) is 4.79 Å². The fourth-order valence-corrected chi connectivity index (χ4v) is 2.43. The summed E-state index contributed by atoms with van der Waals surface area (Å²) >= 11 is 6.16. The number of carbonyl (C=O) groups excluding carboxylic acids is 1. The Kier molecular flexibility index (Phi) is 4.86. The monoisotopic (exact) mass is 302 g/mol. The fourth-order valence-electron chi connectivity index (χ4n) is 2.16. The van der Waals surface area contributed by atoms with Gasteiger partial charge in [0.25, 0.3) is 5.91 Å². The van der Waals surface area contributed by atoms with Crippen molar-refractivity contribution in [2.75, 3.05) is 17.2 Å². The van der Waals surface area contributed by atoms with Crippen LogP contribution in [-0.2, 0) is 0 Å². The number of amides is 1. The summed E-state index contributed by atoms with van der Waals surface area (Å²) in [5.74, 6) is -0.165. The molecule has 0 atom stereocenters. The smallest absolute Gasteiger partial charge is 0.257 e. The van der Waals surface area contributed by atoms with E-state index in [2.05, 4.69) is 10.6 Å². The first kappa shape index (κ1) is 15.4. The minimum Gasteiger partial charge on any atom is -0.385 e. The molecule has 0 radical (unpaired) electrons. The van der Waals surface area contributed by atoms with E-state index >= 15 is 0 Å². The number of carbonyl (C=O) groups is 1. The van der Waals surface area contributed by atoms with Crippen LogP contribution in [0.4, 0.5) is 11.4 Å². The van der Waals surface area contributed by atoms with Crippen LogP contribution >= 0.6 is 11.6 Å². The third-order valence-corrected chi connectivity index (χ3v) is 3.56. The van der Waals surface area contributed by atoms with E-state index in [1.54, 1.807) is 6.07 Å². The number of para-hydroxylation sites is 1. The molecule has 0 saturated heterocycles. The molecule has 2 N–H and O–H groups in total. The predicted molar refractivity (Wildman–Crippen MR) is 89.5 cm³/mol. The van der Waals surface area contributed by atoms with E-state index in [0.717, 1.165) is 23.4 Å². The fraction of sp³-hybridized carbons (Fsp3) is 0.235. The highest BCUT2D eigenvalue weighted by molar-refractivity contribution is 6.34. The van der Waals surface area contributed by atoms with E-state index in [1.807, 2.05) is 51.1 Å². The predicted octanol–water partition coefficient (Wildman–Crippen LogP) is 4.64. The summed E-state index contributed by atoms with van der Waals surface area (Å²) in [7, 11) is 0. The van der Waals surface area contributed by atoms with Crippen LogP contribution in [0.3, 0.4) is 0 Å². The molecule has 21 heavy (non-hydrogen) atoms. The largest absolute Gasteiger partial charge is 0.385 e. The summed E-state index contributed by atoms with van der Waals surface area (Å²) in [5, 5.41) is 6.66. The van der Waals surface area contributed by atoms with Gasteiger partial charge in [-0.25, -0.2) is 0 Å². The standard InChI is InChI=1S/C17H19ClN2O/c1-4-19-15-10-11(2)8-9-13(15)17(21)20-16-12(3)6-5-7-14(16)18/h5-10,19H,4H2,1-3H3,(H,20,21). The normalized spacial score (nSPS) is 10.3. The summed E-state index contributed by atoms with van der Waals surface area (Å²) in [4.78, 5) is 12.5. The molecule has 0 aromatic heterocycles. The first-order chi connectivity index (χ1) is 10.0. The SMILES string of the molecule is CCNc1cc(C)ccc1C(=O)Nc1c(C)cccc1Cl. The van der Waals surface area contributed by atoms with Crippen molar-refractivity contribution in [3.05, 3.63) is 58.1 Å². The summed E-state index contributed by atoms with van der Waals surface area (Å²) in [6.07, 6.45) is 0. The summed E-state index contributed by atoms with van der Waals surface area (Å²) < 4.78 is 0. The third kappa shape index (κ3) is 3.56. The second-order valence-corrected chi connectivity index (χ2v) is 5.37. The number of hydrogen-bond acceptors (Lipinski definition) is 2. The highest BCUT2D eigenvalue weighted by atomic mass is 35.5. The minimum absolute atomic E-state index is 0.165. The summed E-state index contributed by atoms with van der Waals surface area (Å²) in [6.45, 7) is 6.68. The molecule has 0 bridgehead atoms. The van der Waals surface area contributed by atoms with Crippen LogP contribution in [0, 0.1) is 13.8 Å². The van der Waals surface area contributed by atoms with Gasteiger partial charge in [-0.1, -0.05) is 29.8 Å². The molecule has 2 aromatic carbocycles. The highest BCUT2D eigenvalue weighted by Crippen LogP contribution is 2.27. The second kappa shape index (κ2) is 6.64. The van der Waals surface area contributed by atoms with Gasteiger partial charge >= 0.3 is 0 Å². The molecule has 0 saturated carbocycles. The molecule has 4 heteroatoms. The zero-order chi connectivity index (χ0) is 15.4. The van der Waals surface area contributed by atoms with Gasteiger partial charge in [-0.2, -0.15) is 0 Å². The molecular weight excluding hydrogens is 284 g/mol. The average Bonchev–Trinajstić information content (AvgIpc) is 2.43. The molecule has 0 aliphatic carbocycles. The van der Waals surface area contributed by atoms with Crippen molar-refractivity contribution in [1.82, 2.24) is 0 Å². The van der Waals surface area contributed by atoms with E-state index in [1.165, 1.54) is 0 Å². The Labute approximate surface area is 130 Å². The maximum absolute atomic E-state index is 12.5. The molecule has 1 amide bonds. The van der Waals surface area contributed by atoms with Gasteiger partial charge in [0.05, 0.1) is 16.3 Å². The Balaban J connectivity index is 2.32. The number of benzene rings is 2. The molecule has 0 fully saturated rings. The van der Waals surface area contributed by atoms with Crippen LogP contribution in [-0.4, -0.2) is 12.5 Å². The van der Waals surface area contributed by atoms with Crippen LogP contribution in [0.25, 0.3) is 0 Å². The Morgan fingerprint density at radius 3 is 2.62 bits per heavy atom. The van der Waals surface area contributed by atoms with E-state index in [4.69, 9.17) is 11.6 Å². The quantitative estimate of drug-likeness (QED) is 0.863. The van der Waals surface area contributed by atoms with Gasteiger partial charge in [0, 0.05) is 12.2 Å². The highest BCUT2D eigenvalue weighted by Gasteiger charge is 2.14. The van der Waals surface area contributed by atoms with Crippen molar-refractivity contribution in [2.45, 2.75) is 20.8 Å². The van der Waals surface area contributed by atoms with Crippen LogP contribution in [0.2, 0.25) is 5.02 Å². The average molecular weight is 303 g/mol. The Hall–Kier alpha value is -2.00. The lowest BCUT2D eigenvalue weighted by Gasteiger charge is -2.14. The molecule has 110 valence electrons. The Bertz CT molecular complexity index is 648. The number of rotatable bonds is 4. The van der Waals surface area contributed by atoms with Crippen molar-refractivity contribution in [1.29, 1.82) is 0 Å². The second-order valence-electron chi connectivity index (χ2n) is 4.97. The van der Waals surface area contributed by atoms with E-state index in [-0.39, 0.29) is 5.91 Å². The maximum Gasteiger partial charge on any atom is 0.257 e. The molecule has 2 aromatic rings. The molecule has 0 heterocycles. The molecule has 0 aliphatic heterocycles. The van der Waals surface area contributed by atoms with Crippen LogP contribution < -0.4 is 10.6 Å². The lowest BCUT2D eigenvalue weighted by molar-refractivity contribution is 0.102. The first-order valence-electron chi connectivity index (χ1n) is 6.94. The van der Waals surface area contributed by atoms with Crippen molar-refractivity contribution in [2.24, 2.45) is 0 Å². The van der Waals surface area contributed by atoms with Crippen molar-refractivity contribution >= 4 is 28.9 Å². The van der Waals surface area contributed by atoms with Crippen molar-refractivity contribution < 1.29 is 4.79 Å².